The van der Waals surface area contributed by atoms with Gasteiger partial charge < -0.3 is 20.1 Å². The molecule has 0 aliphatic carbocycles. The number of nitrogens with one attached hydrogen (secondary N) is 1. The van der Waals surface area contributed by atoms with Crippen molar-refractivity contribution in [2.45, 2.75) is 25.9 Å². The highest BCUT2D eigenvalue weighted by atomic mass is 32.1. The smallest absolute Gasteiger partial charge is 0.317 e. The number of carboxylic acid groups (broad SMARTS) is 1. The van der Waals surface area contributed by atoms with Crippen LogP contribution >= 0.6 is 11.3 Å². The van der Waals surface area contributed by atoms with Crippen molar-refractivity contribution in [3.05, 3.63) is 21.9 Å². The molecule has 2 rings (SSSR count). The molecular weight excluding hydrogens is 292 g/mol. The molecule has 1 aliphatic heterocycles. The molecule has 1 aliphatic rings. The summed E-state index contributed by atoms with van der Waals surface area (Å²) in [5.74, 6) is -1.59. The van der Waals surface area contributed by atoms with Gasteiger partial charge in [-0.15, -0.1) is 11.3 Å². The lowest BCUT2D eigenvalue weighted by atomic mass is 10.0. The first-order chi connectivity index (χ1) is 10.0. The number of carbonyl (C=O) groups excluding carboxylic acids is 1. The minimum absolute atomic E-state index is 0.155. The van der Waals surface area contributed by atoms with Crippen molar-refractivity contribution in [3.63, 3.8) is 0 Å². The van der Waals surface area contributed by atoms with E-state index in [4.69, 9.17) is 9.84 Å². The van der Waals surface area contributed by atoms with Gasteiger partial charge in [-0.3, -0.25) is 4.79 Å². The number of aryl methyl sites for hydroxylation is 1. The lowest BCUT2D eigenvalue weighted by Crippen LogP contribution is -2.48. The largest absolute Gasteiger partial charge is 0.481 e. The third-order valence-corrected chi connectivity index (χ3v) is 4.77. The van der Waals surface area contributed by atoms with E-state index in [9.17, 15) is 9.59 Å². The summed E-state index contributed by atoms with van der Waals surface area (Å²) in [6, 6.07) is 1.37. The van der Waals surface area contributed by atoms with Crippen molar-refractivity contribution in [1.29, 1.82) is 0 Å². The average molecular weight is 312 g/mol. The van der Waals surface area contributed by atoms with Crippen LogP contribution in [0.4, 0.5) is 4.79 Å². The van der Waals surface area contributed by atoms with E-state index in [-0.39, 0.29) is 19.2 Å². The number of carbonyl (C=O) groups is 2. The third kappa shape index (κ3) is 3.54. The van der Waals surface area contributed by atoms with E-state index in [1.54, 1.807) is 18.4 Å². The van der Waals surface area contributed by atoms with Gasteiger partial charge in [0.15, 0.2) is 0 Å². The molecular formula is C14H20N2O4S. The number of amides is 2. The third-order valence-electron chi connectivity index (χ3n) is 3.80. The fourth-order valence-corrected chi connectivity index (χ4v) is 3.34. The van der Waals surface area contributed by atoms with Crippen LogP contribution in [0, 0.1) is 5.92 Å². The number of nitrogens with zero attached hydrogens (tertiary/aromatic N) is 1. The van der Waals surface area contributed by atoms with Crippen molar-refractivity contribution in [2.24, 2.45) is 5.92 Å². The molecule has 0 saturated carbocycles. The van der Waals surface area contributed by atoms with Crippen LogP contribution in [0.25, 0.3) is 0 Å². The van der Waals surface area contributed by atoms with Crippen molar-refractivity contribution in [2.75, 3.05) is 20.3 Å². The highest BCUT2D eigenvalue weighted by Crippen LogP contribution is 2.20. The molecule has 1 saturated heterocycles. The zero-order chi connectivity index (χ0) is 15.4. The first kappa shape index (κ1) is 15.8. The molecule has 7 heteroatoms. The van der Waals surface area contributed by atoms with E-state index >= 15 is 0 Å². The molecule has 21 heavy (non-hydrogen) atoms. The quantitative estimate of drug-likeness (QED) is 0.864. The zero-order valence-electron chi connectivity index (χ0n) is 12.2. The Morgan fingerprint density at radius 2 is 2.29 bits per heavy atom. The topological polar surface area (TPSA) is 78.9 Å². The number of hydrogen-bond donors (Lipinski definition) is 2. The molecule has 6 nitrogen and oxygen atoms in total. The normalized spacial score (nSPS) is 21.2. The van der Waals surface area contributed by atoms with E-state index in [2.05, 4.69) is 18.3 Å². The molecule has 2 N–H and O–H groups in total. The van der Waals surface area contributed by atoms with Crippen LogP contribution in [0.3, 0.4) is 0 Å². The Labute approximate surface area is 127 Å². The summed E-state index contributed by atoms with van der Waals surface area (Å²) in [6.07, 6.45) is 0.933. The maximum Gasteiger partial charge on any atom is 0.317 e. The van der Waals surface area contributed by atoms with Gasteiger partial charge in [0, 0.05) is 11.9 Å². The first-order valence-corrected chi connectivity index (χ1v) is 7.79. The molecule has 0 bridgehead atoms. The summed E-state index contributed by atoms with van der Waals surface area (Å²) >= 11 is 1.61. The van der Waals surface area contributed by atoms with E-state index in [0.29, 0.717) is 6.54 Å². The minimum Gasteiger partial charge on any atom is -0.481 e. The van der Waals surface area contributed by atoms with Gasteiger partial charge in [0.1, 0.15) is 5.92 Å². The Bertz CT molecular complexity index is 517. The maximum absolute atomic E-state index is 12.2. The highest BCUT2D eigenvalue weighted by Gasteiger charge is 2.38. The van der Waals surface area contributed by atoms with Gasteiger partial charge in [-0.05, 0) is 23.4 Å². The van der Waals surface area contributed by atoms with Crippen LogP contribution in [0.2, 0.25) is 0 Å². The Kier molecular flexibility index (Phi) is 5.19. The number of hydrogen-bond acceptors (Lipinski definition) is 4. The predicted octanol–water partition coefficient (Wildman–Crippen LogP) is 1.55. The number of aliphatic carboxylic acids is 1. The SMILES string of the molecule is CCc1ccsc1CNC(=O)N(C)C1COCC1C(=O)O. The second-order valence-corrected chi connectivity index (χ2v) is 6.04. The molecule has 0 aromatic carbocycles. The standard InChI is InChI=1S/C14H20N2O4S/c1-3-9-4-5-21-12(9)6-15-14(19)16(2)11-8-20-7-10(11)13(17)18/h4-5,10-11H,3,6-8H2,1-2H3,(H,15,19)(H,17,18). The van der Waals surface area contributed by atoms with Crippen LogP contribution in [0.5, 0.6) is 0 Å². The van der Waals surface area contributed by atoms with Crippen LogP contribution in [-0.4, -0.2) is 48.3 Å². The summed E-state index contributed by atoms with van der Waals surface area (Å²) in [4.78, 5) is 25.9. The van der Waals surface area contributed by atoms with E-state index < -0.39 is 17.9 Å². The monoisotopic (exact) mass is 312 g/mol. The summed E-state index contributed by atoms with van der Waals surface area (Å²) in [6.45, 7) is 2.96. The number of likely N-dealkylation sites (N-methyl/N-ethyl adjacent to an activating group) is 1. The fourth-order valence-electron chi connectivity index (χ4n) is 2.43. The Morgan fingerprint density at radius 1 is 1.52 bits per heavy atom. The Hall–Kier alpha value is -1.60. The molecule has 1 fully saturated rings. The molecule has 1 aromatic rings. The van der Waals surface area contributed by atoms with Gasteiger partial charge >= 0.3 is 12.0 Å². The number of urea groups is 1. The fraction of sp³-hybridized carbons (Fsp3) is 0.571. The van der Waals surface area contributed by atoms with Crippen LogP contribution in [0.15, 0.2) is 11.4 Å². The molecule has 0 radical (unpaired) electrons. The highest BCUT2D eigenvalue weighted by molar-refractivity contribution is 7.10. The summed E-state index contributed by atoms with van der Waals surface area (Å²) < 4.78 is 5.19. The molecule has 1 aromatic heterocycles. The van der Waals surface area contributed by atoms with Crippen LogP contribution in [-0.2, 0) is 22.5 Å². The van der Waals surface area contributed by atoms with Crippen molar-refractivity contribution in [3.8, 4) is 0 Å². The second-order valence-electron chi connectivity index (χ2n) is 5.04. The number of thiophene rings is 1. The molecule has 2 heterocycles. The molecule has 116 valence electrons. The molecule has 0 spiro atoms. The van der Waals surface area contributed by atoms with Gasteiger partial charge in [0.25, 0.3) is 0 Å². The summed E-state index contributed by atoms with van der Waals surface area (Å²) in [7, 11) is 1.61. The van der Waals surface area contributed by atoms with Crippen molar-refractivity contribution < 1.29 is 19.4 Å². The van der Waals surface area contributed by atoms with Gasteiger partial charge in [0.05, 0.1) is 25.8 Å². The number of rotatable bonds is 5. The van der Waals surface area contributed by atoms with Crippen LogP contribution in [0.1, 0.15) is 17.4 Å². The number of carboxylic acids is 1. The van der Waals surface area contributed by atoms with Gasteiger partial charge in [-0.1, -0.05) is 6.92 Å². The molecule has 2 atom stereocenters. The van der Waals surface area contributed by atoms with Gasteiger partial charge in [0.2, 0.25) is 0 Å². The van der Waals surface area contributed by atoms with Crippen molar-refractivity contribution >= 4 is 23.3 Å². The van der Waals surface area contributed by atoms with Crippen LogP contribution < -0.4 is 5.32 Å². The molecule has 2 unspecified atom stereocenters. The van der Waals surface area contributed by atoms with Gasteiger partial charge in [-0.25, -0.2) is 4.79 Å². The van der Waals surface area contributed by atoms with Crippen molar-refractivity contribution in [1.82, 2.24) is 10.2 Å². The van der Waals surface area contributed by atoms with Gasteiger partial charge in [-0.2, -0.15) is 0 Å². The van der Waals surface area contributed by atoms with E-state index in [0.717, 1.165) is 11.3 Å². The maximum atomic E-state index is 12.2. The lowest BCUT2D eigenvalue weighted by Gasteiger charge is -2.26. The van der Waals surface area contributed by atoms with E-state index in [1.165, 1.54) is 10.5 Å². The summed E-state index contributed by atoms with van der Waals surface area (Å²) in [5.41, 5.74) is 1.23. The minimum atomic E-state index is -0.927. The Balaban J connectivity index is 1.92. The second kappa shape index (κ2) is 6.91. The zero-order valence-corrected chi connectivity index (χ0v) is 13.0. The predicted molar refractivity (Wildman–Crippen MR) is 79.4 cm³/mol. The lowest BCUT2D eigenvalue weighted by molar-refractivity contribution is -0.142. The van der Waals surface area contributed by atoms with E-state index in [1.807, 2.05) is 5.38 Å². The average Bonchev–Trinajstić information content (AvgIpc) is 3.11. The summed E-state index contributed by atoms with van der Waals surface area (Å²) in [5, 5.41) is 14.0. The molecule has 2 amide bonds. The number of ether oxygens (including phenoxy) is 1. The first-order valence-electron chi connectivity index (χ1n) is 6.91. The Morgan fingerprint density at radius 3 is 2.95 bits per heavy atom.